The number of hydrogen-bond donors (Lipinski definition) is 2. The summed E-state index contributed by atoms with van der Waals surface area (Å²) in [6.07, 6.45) is 1.50. The van der Waals surface area contributed by atoms with E-state index in [-0.39, 0.29) is 5.91 Å². The summed E-state index contributed by atoms with van der Waals surface area (Å²) < 4.78 is 1.80. The monoisotopic (exact) mass is 307 g/mol. The third-order valence-electron chi connectivity index (χ3n) is 3.42. The van der Waals surface area contributed by atoms with Crippen molar-refractivity contribution in [2.45, 2.75) is 20.4 Å². The molecule has 7 heteroatoms. The fourth-order valence-corrected chi connectivity index (χ4v) is 2.35. The van der Waals surface area contributed by atoms with Crippen molar-refractivity contribution in [2.24, 2.45) is 7.05 Å². The highest BCUT2D eigenvalue weighted by Crippen LogP contribution is 2.19. The highest BCUT2D eigenvalue weighted by Gasteiger charge is 2.13. The van der Waals surface area contributed by atoms with E-state index in [1.165, 1.54) is 6.20 Å². The van der Waals surface area contributed by atoms with Crippen LogP contribution in [0.4, 0.5) is 5.82 Å². The fourth-order valence-electron chi connectivity index (χ4n) is 2.09. The Kier molecular flexibility index (Phi) is 4.47. The molecule has 2 aromatic rings. The van der Waals surface area contributed by atoms with Gasteiger partial charge < -0.3 is 10.6 Å². The Hall–Kier alpha value is -2.08. The lowest BCUT2D eigenvalue weighted by Gasteiger charge is -2.07. The number of aromatic nitrogens is 3. The number of pyridine rings is 1. The molecule has 0 bridgehead atoms. The molecule has 112 valence electrons. The highest BCUT2D eigenvalue weighted by atomic mass is 35.5. The van der Waals surface area contributed by atoms with E-state index in [0.717, 1.165) is 17.0 Å². The van der Waals surface area contributed by atoms with Crippen LogP contribution in [0, 0.1) is 13.8 Å². The number of carbonyl (C=O) groups is 1. The minimum Gasteiger partial charge on any atom is -0.372 e. The maximum atomic E-state index is 12.1. The molecule has 0 unspecified atom stereocenters. The predicted octanol–water partition coefficient (Wildman–Crippen LogP) is 2.06. The van der Waals surface area contributed by atoms with Crippen LogP contribution < -0.4 is 10.6 Å². The third kappa shape index (κ3) is 3.16. The first-order chi connectivity index (χ1) is 9.93. The molecule has 21 heavy (non-hydrogen) atoms. The van der Waals surface area contributed by atoms with E-state index < -0.39 is 0 Å². The van der Waals surface area contributed by atoms with Gasteiger partial charge in [0.1, 0.15) is 5.82 Å². The second-order valence-corrected chi connectivity index (χ2v) is 5.17. The smallest absolute Gasteiger partial charge is 0.253 e. The van der Waals surface area contributed by atoms with Crippen molar-refractivity contribution in [1.29, 1.82) is 0 Å². The second kappa shape index (κ2) is 6.13. The van der Waals surface area contributed by atoms with Crippen LogP contribution in [0.3, 0.4) is 0 Å². The fraction of sp³-hybridized carbons (Fsp3) is 0.357. The van der Waals surface area contributed by atoms with Crippen LogP contribution >= 0.6 is 11.6 Å². The molecule has 0 fully saturated rings. The van der Waals surface area contributed by atoms with Crippen LogP contribution in [0.15, 0.2) is 12.3 Å². The van der Waals surface area contributed by atoms with Gasteiger partial charge in [-0.3, -0.25) is 9.48 Å². The summed E-state index contributed by atoms with van der Waals surface area (Å²) in [6, 6.07) is 1.60. The number of nitrogens with zero attached hydrogens (tertiary/aromatic N) is 3. The van der Waals surface area contributed by atoms with Gasteiger partial charge in [0, 0.05) is 38.1 Å². The molecule has 0 aliphatic heterocycles. The van der Waals surface area contributed by atoms with E-state index in [1.54, 1.807) is 17.8 Å². The lowest BCUT2D eigenvalue weighted by atomic mass is 10.2. The van der Waals surface area contributed by atoms with Crippen LogP contribution in [0.1, 0.15) is 27.3 Å². The molecule has 2 heterocycles. The average Bonchev–Trinajstić information content (AvgIpc) is 2.69. The Bertz CT molecular complexity index is 680. The number of rotatable bonds is 4. The Labute approximate surface area is 128 Å². The minimum absolute atomic E-state index is 0.213. The van der Waals surface area contributed by atoms with Gasteiger partial charge in [-0.05, 0) is 19.9 Å². The predicted molar refractivity (Wildman–Crippen MR) is 82.6 cm³/mol. The van der Waals surface area contributed by atoms with E-state index in [1.807, 2.05) is 20.9 Å². The van der Waals surface area contributed by atoms with E-state index >= 15 is 0 Å². The molecule has 2 rings (SSSR count). The molecule has 0 saturated heterocycles. The zero-order chi connectivity index (χ0) is 15.6. The molecule has 0 aliphatic rings. The first-order valence-corrected chi connectivity index (χ1v) is 6.92. The van der Waals surface area contributed by atoms with Crippen LogP contribution in [0.2, 0.25) is 5.02 Å². The molecule has 0 aromatic carbocycles. The van der Waals surface area contributed by atoms with Gasteiger partial charge in [-0.15, -0.1) is 0 Å². The molecule has 0 atom stereocenters. The van der Waals surface area contributed by atoms with Gasteiger partial charge in [0.2, 0.25) is 0 Å². The first kappa shape index (κ1) is 15.3. The number of carbonyl (C=O) groups excluding carboxylic acids is 1. The number of nitrogens with one attached hydrogen (secondary N) is 2. The van der Waals surface area contributed by atoms with Gasteiger partial charge in [0.05, 0.1) is 16.3 Å². The van der Waals surface area contributed by atoms with Gasteiger partial charge in [-0.2, -0.15) is 5.10 Å². The van der Waals surface area contributed by atoms with Gasteiger partial charge in [0.25, 0.3) is 5.91 Å². The van der Waals surface area contributed by atoms with Crippen LogP contribution in [-0.2, 0) is 13.6 Å². The summed E-state index contributed by atoms with van der Waals surface area (Å²) in [5.41, 5.74) is 3.40. The molecule has 2 N–H and O–H groups in total. The standard InChI is InChI=1S/C14H18ClN5O/c1-8-11(9(2)20(4)19-8)7-18-14(21)10-5-12(15)13(16-3)17-6-10/h5-6H,7H2,1-4H3,(H,16,17)(H,18,21). The van der Waals surface area contributed by atoms with Gasteiger partial charge in [0.15, 0.2) is 0 Å². The van der Waals surface area contributed by atoms with E-state index in [4.69, 9.17) is 11.6 Å². The molecule has 2 aromatic heterocycles. The molecule has 1 amide bonds. The van der Waals surface area contributed by atoms with Gasteiger partial charge in [-0.25, -0.2) is 4.98 Å². The number of anilines is 1. The lowest BCUT2D eigenvalue weighted by Crippen LogP contribution is -2.23. The maximum Gasteiger partial charge on any atom is 0.253 e. The second-order valence-electron chi connectivity index (χ2n) is 4.76. The average molecular weight is 308 g/mol. The highest BCUT2D eigenvalue weighted by molar-refractivity contribution is 6.33. The molecule has 0 aliphatic carbocycles. The number of aryl methyl sites for hydroxylation is 2. The topological polar surface area (TPSA) is 71.8 Å². The van der Waals surface area contributed by atoms with Crippen molar-refractivity contribution in [3.05, 3.63) is 39.8 Å². The van der Waals surface area contributed by atoms with Gasteiger partial charge >= 0.3 is 0 Å². The number of hydrogen-bond acceptors (Lipinski definition) is 4. The lowest BCUT2D eigenvalue weighted by molar-refractivity contribution is 0.0950. The molecule has 0 saturated carbocycles. The van der Waals surface area contributed by atoms with Crippen LogP contribution in [-0.4, -0.2) is 27.7 Å². The zero-order valence-electron chi connectivity index (χ0n) is 12.5. The molecular weight excluding hydrogens is 290 g/mol. The first-order valence-electron chi connectivity index (χ1n) is 6.54. The number of amides is 1. The molecule has 0 spiro atoms. The maximum absolute atomic E-state index is 12.1. The third-order valence-corrected chi connectivity index (χ3v) is 3.71. The molecule has 6 nitrogen and oxygen atoms in total. The van der Waals surface area contributed by atoms with Crippen molar-refractivity contribution < 1.29 is 4.79 Å². The van der Waals surface area contributed by atoms with Crippen LogP contribution in [0.5, 0.6) is 0 Å². The van der Waals surface area contributed by atoms with Gasteiger partial charge in [-0.1, -0.05) is 11.6 Å². The summed E-state index contributed by atoms with van der Waals surface area (Å²) in [6.45, 7) is 4.33. The molecular formula is C14H18ClN5O. The van der Waals surface area contributed by atoms with Crippen molar-refractivity contribution in [3.63, 3.8) is 0 Å². The van der Waals surface area contributed by atoms with Crippen molar-refractivity contribution in [1.82, 2.24) is 20.1 Å². The Balaban J connectivity index is 2.10. The Morgan fingerprint density at radius 3 is 2.67 bits per heavy atom. The minimum atomic E-state index is -0.213. The Morgan fingerprint density at radius 2 is 2.14 bits per heavy atom. The zero-order valence-corrected chi connectivity index (χ0v) is 13.2. The SMILES string of the molecule is CNc1ncc(C(=O)NCc2c(C)nn(C)c2C)cc1Cl. The largest absolute Gasteiger partial charge is 0.372 e. The normalized spacial score (nSPS) is 10.5. The Morgan fingerprint density at radius 1 is 1.43 bits per heavy atom. The van der Waals surface area contributed by atoms with Crippen molar-refractivity contribution in [2.75, 3.05) is 12.4 Å². The van der Waals surface area contributed by atoms with E-state index in [2.05, 4.69) is 20.7 Å². The number of halogens is 1. The quantitative estimate of drug-likeness (QED) is 0.907. The summed E-state index contributed by atoms with van der Waals surface area (Å²) in [4.78, 5) is 16.2. The van der Waals surface area contributed by atoms with E-state index in [9.17, 15) is 4.79 Å². The molecule has 0 radical (unpaired) electrons. The van der Waals surface area contributed by atoms with E-state index in [0.29, 0.717) is 22.9 Å². The van der Waals surface area contributed by atoms with Crippen LogP contribution in [0.25, 0.3) is 0 Å². The summed E-state index contributed by atoms with van der Waals surface area (Å²) in [5, 5.41) is 10.5. The summed E-state index contributed by atoms with van der Waals surface area (Å²) in [5.74, 6) is 0.335. The summed E-state index contributed by atoms with van der Waals surface area (Å²) in [7, 11) is 3.61. The van der Waals surface area contributed by atoms with Crippen molar-refractivity contribution >= 4 is 23.3 Å². The summed E-state index contributed by atoms with van der Waals surface area (Å²) >= 11 is 6.03. The van der Waals surface area contributed by atoms with Crippen molar-refractivity contribution in [3.8, 4) is 0 Å².